The molecule has 3 N–H and O–H groups in total. The molecule has 1 aliphatic rings. The van der Waals surface area contributed by atoms with Crippen LogP contribution in [-0.2, 0) is 16.0 Å². The van der Waals surface area contributed by atoms with Gasteiger partial charge >= 0.3 is 0 Å². The number of piperidine rings is 1. The number of nitrogens with two attached hydrogens (primary N) is 1. The molecular formula is C17H25N3O3. The molecule has 0 spiro atoms. The molecule has 6 nitrogen and oxygen atoms in total. The summed E-state index contributed by atoms with van der Waals surface area (Å²) < 4.78 is 5.11. The summed E-state index contributed by atoms with van der Waals surface area (Å²) in [5, 5.41) is 2.81. The topological polar surface area (TPSA) is 84.7 Å². The summed E-state index contributed by atoms with van der Waals surface area (Å²) in [5.41, 5.74) is 6.35. The van der Waals surface area contributed by atoms with Crippen LogP contribution in [0.3, 0.4) is 0 Å². The van der Waals surface area contributed by atoms with E-state index in [4.69, 9.17) is 10.5 Å². The van der Waals surface area contributed by atoms with Crippen molar-refractivity contribution < 1.29 is 14.3 Å². The number of amides is 2. The van der Waals surface area contributed by atoms with Crippen molar-refractivity contribution in [3.8, 4) is 5.75 Å². The minimum absolute atomic E-state index is 0.00241. The van der Waals surface area contributed by atoms with E-state index >= 15 is 0 Å². The van der Waals surface area contributed by atoms with Crippen molar-refractivity contribution in [1.82, 2.24) is 10.2 Å². The fraction of sp³-hybridized carbons (Fsp3) is 0.529. The van der Waals surface area contributed by atoms with E-state index in [-0.39, 0.29) is 17.7 Å². The van der Waals surface area contributed by atoms with E-state index in [1.165, 1.54) is 0 Å². The van der Waals surface area contributed by atoms with Gasteiger partial charge in [0.15, 0.2) is 0 Å². The van der Waals surface area contributed by atoms with Crippen molar-refractivity contribution >= 4 is 11.8 Å². The van der Waals surface area contributed by atoms with Crippen LogP contribution in [-0.4, -0.2) is 50.0 Å². The molecule has 0 radical (unpaired) electrons. The number of hydrogen-bond donors (Lipinski definition) is 2. The molecule has 126 valence electrons. The number of benzene rings is 1. The first-order valence-corrected chi connectivity index (χ1v) is 8.02. The van der Waals surface area contributed by atoms with Crippen molar-refractivity contribution in [3.63, 3.8) is 0 Å². The number of carbonyl (C=O) groups is 2. The lowest BCUT2D eigenvalue weighted by Gasteiger charge is -2.32. The van der Waals surface area contributed by atoms with E-state index in [2.05, 4.69) is 5.32 Å². The number of nitrogens with zero attached hydrogens (tertiary/aromatic N) is 1. The number of rotatable bonds is 6. The lowest BCUT2D eigenvalue weighted by atomic mass is 9.96. The van der Waals surface area contributed by atoms with Crippen LogP contribution in [0.15, 0.2) is 24.3 Å². The number of hydrogen-bond acceptors (Lipinski definition) is 4. The van der Waals surface area contributed by atoms with Gasteiger partial charge in [-0.05, 0) is 30.5 Å². The van der Waals surface area contributed by atoms with Crippen molar-refractivity contribution in [1.29, 1.82) is 0 Å². The summed E-state index contributed by atoms with van der Waals surface area (Å²) in [4.78, 5) is 26.3. The second-order valence-corrected chi connectivity index (χ2v) is 5.78. The normalized spacial score (nSPS) is 17.7. The highest BCUT2D eigenvalue weighted by molar-refractivity contribution is 5.82. The smallest absolute Gasteiger partial charge is 0.227 e. The Labute approximate surface area is 137 Å². The molecule has 1 heterocycles. The minimum Gasteiger partial charge on any atom is -0.497 e. The van der Waals surface area contributed by atoms with Gasteiger partial charge in [-0.15, -0.1) is 0 Å². The summed E-state index contributed by atoms with van der Waals surface area (Å²) in [6.45, 7) is 2.12. The Bertz CT molecular complexity index is 530. The predicted octanol–water partition coefficient (Wildman–Crippen LogP) is 0.551. The number of nitrogens with one attached hydrogen (secondary N) is 1. The zero-order valence-corrected chi connectivity index (χ0v) is 13.6. The maximum absolute atomic E-state index is 12.4. The van der Waals surface area contributed by atoms with Crippen LogP contribution in [0.5, 0.6) is 5.75 Å². The van der Waals surface area contributed by atoms with Crippen LogP contribution in [0.25, 0.3) is 0 Å². The molecule has 1 saturated heterocycles. The van der Waals surface area contributed by atoms with Gasteiger partial charge in [-0.1, -0.05) is 12.1 Å². The van der Waals surface area contributed by atoms with E-state index in [0.717, 1.165) is 30.7 Å². The first-order valence-electron chi connectivity index (χ1n) is 8.02. The Hall–Kier alpha value is -2.08. The summed E-state index contributed by atoms with van der Waals surface area (Å²) in [6.07, 6.45) is 2.03. The largest absolute Gasteiger partial charge is 0.497 e. The Morgan fingerprint density at radius 2 is 2.09 bits per heavy atom. The molecule has 6 heteroatoms. The Balaban J connectivity index is 1.89. The van der Waals surface area contributed by atoms with Crippen LogP contribution in [0, 0.1) is 5.92 Å². The van der Waals surface area contributed by atoms with Crippen LogP contribution in [0.4, 0.5) is 0 Å². The molecule has 1 aliphatic heterocycles. The second-order valence-electron chi connectivity index (χ2n) is 5.78. The molecule has 0 saturated carbocycles. The maximum Gasteiger partial charge on any atom is 0.227 e. The molecule has 1 fully saturated rings. The van der Waals surface area contributed by atoms with Gasteiger partial charge in [-0.2, -0.15) is 0 Å². The van der Waals surface area contributed by atoms with Crippen molar-refractivity contribution in [2.45, 2.75) is 19.3 Å². The molecule has 2 amide bonds. The zero-order valence-electron chi connectivity index (χ0n) is 13.6. The van der Waals surface area contributed by atoms with Gasteiger partial charge < -0.3 is 20.7 Å². The number of methoxy groups -OCH3 is 1. The predicted molar refractivity (Wildman–Crippen MR) is 88.1 cm³/mol. The van der Waals surface area contributed by atoms with Gasteiger partial charge in [0.2, 0.25) is 11.8 Å². The van der Waals surface area contributed by atoms with Gasteiger partial charge in [-0.25, -0.2) is 0 Å². The lowest BCUT2D eigenvalue weighted by molar-refractivity contribution is -0.135. The molecular weight excluding hydrogens is 294 g/mol. The Morgan fingerprint density at radius 1 is 1.35 bits per heavy atom. The average molecular weight is 319 g/mol. The van der Waals surface area contributed by atoms with E-state index in [1.807, 2.05) is 24.3 Å². The summed E-state index contributed by atoms with van der Waals surface area (Å²) in [5.74, 6) is 0.704. The SMILES string of the molecule is COc1ccc(CC(=O)N2CCCC(C(=O)NCCN)C2)cc1. The fourth-order valence-electron chi connectivity index (χ4n) is 2.79. The average Bonchev–Trinajstić information content (AvgIpc) is 2.60. The molecule has 0 aromatic heterocycles. The molecule has 2 rings (SSSR count). The third-order valence-electron chi connectivity index (χ3n) is 4.10. The molecule has 1 aromatic rings. The highest BCUT2D eigenvalue weighted by atomic mass is 16.5. The van der Waals surface area contributed by atoms with Crippen LogP contribution < -0.4 is 15.8 Å². The summed E-state index contributed by atoms with van der Waals surface area (Å²) >= 11 is 0. The Kier molecular flexibility index (Phi) is 6.40. The van der Waals surface area contributed by atoms with Gasteiger partial charge in [0.25, 0.3) is 0 Å². The fourth-order valence-corrected chi connectivity index (χ4v) is 2.79. The monoisotopic (exact) mass is 319 g/mol. The van der Waals surface area contributed by atoms with Crippen molar-refractivity contribution in [2.24, 2.45) is 11.7 Å². The quantitative estimate of drug-likeness (QED) is 0.802. The zero-order chi connectivity index (χ0) is 16.7. The molecule has 1 aromatic carbocycles. The summed E-state index contributed by atoms with van der Waals surface area (Å²) in [7, 11) is 1.61. The van der Waals surface area contributed by atoms with Crippen LogP contribution in [0.1, 0.15) is 18.4 Å². The van der Waals surface area contributed by atoms with E-state index in [1.54, 1.807) is 12.0 Å². The van der Waals surface area contributed by atoms with Gasteiger partial charge in [0, 0.05) is 26.2 Å². The number of ether oxygens (including phenoxy) is 1. The first kappa shape index (κ1) is 17.3. The second kappa shape index (κ2) is 8.53. The van der Waals surface area contributed by atoms with Crippen molar-refractivity contribution in [2.75, 3.05) is 33.3 Å². The summed E-state index contributed by atoms with van der Waals surface area (Å²) in [6, 6.07) is 7.49. The standard InChI is InChI=1S/C17H25N3O3/c1-23-15-6-4-13(5-7-15)11-16(21)20-10-2-3-14(12-20)17(22)19-9-8-18/h4-7,14H,2-3,8-12,18H2,1H3,(H,19,22). The highest BCUT2D eigenvalue weighted by Crippen LogP contribution is 2.18. The molecule has 0 bridgehead atoms. The lowest BCUT2D eigenvalue weighted by Crippen LogP contribution is -2.46. The van der Waals surface area contributed by atoms with Gasteiger partial charge in [-0.3, -0.25) is 9.59 Å². The highest BCUT2D eigenvalue weighted by Gasteiger charge is 2.28. The van der Waals surface area contributed by atoms with Crippen LogP contribution >= 0.6 is 0 Å². The Morgan fingerprint density at radius 3 is 2.74 bits per heavy atom. The van der Waals surface area contributed by atoms with Gasteiger partial charge in [0.05, 0.1) is 19.4 Å². The van der Waals surface area contributed by atoms with E-state index < -0.39 is 0 Å². The number of likely N-dealkylation sites (tertiary alicyclic amines) is 1. The molecule has 0 aliphatic carbocycles. The molecule has 23 heavy (non-hydrogen) atoms. The first-order chi connectivity index (χ1) is 11.1. The van der Waals surface area contributed by atoms with E-state index in [0.29, 0.717) is 26.1 Å². The van der Waals surface area contributed by atoms with Crippen LogP contribution in [0.2, 0.25) is 0 Å². The van der Waals surface area contributed by atoms with Gasteiger partial charge in [0.1, 0.15) is 5.75 Å². The number of carbonyl (C=O) groups excluding carboxylic acids is 2. The third-order valence-corrected chi connectivity index (χ3v) is 4.10. The maximum atomic E-state index is 12.4. The minimum atomic E-state index is -0.130. The van der Waals surface area contributed by atoms with E-state index in [9.17, 15) is 9.59 Å². The molecule has 1 unspecified atom stereocenters. The third kappa shape index (κ3) is 4.96. The molecule has 1 atom stereocenters. The van der Waals surface area contributed by atoms with Crippen molar-refractivity contribution in [3.05, 3.63) is 29.8 Å².